The monoisotopic (exact) mass is 192 g/mol. The van der Waals surface area contributed by atoms with Gasteiger partial charge in [0.1, 0.15) is 11.4 Å². The molecule has 2 rings (SSSR count). The fraction of sp³-hybridized carbons (Fsp3) is 0.400. The third-order valence-corrected chi connectivity index (χ3v) is 2.48. The van der Waals surface area contributed by atoms with E-state index in [0.717, 1.165) is 12.8 Å². The summed E-state index contributed by atoms with van der Waals surface area (Å²) in [5.74, 6) is -0.440. The van der Waals surface area contributed by atoms with E-state index >= 15 is 0 Å². The van der Waals surface area contributed by atoms with Crippen LogP contribution < -0.4 is 5.32 Å². The van der Waals surface area contributed by atoms with Crippen LogP contribution >= 0.6 is 0 Å². The lowest BCUT2D eigenvalue weighted by molar-refractivity contribution is 0.0697. The molecular formula is C10H12N2O2. The molecule has 1 aliphatic carbocycles. The lowest BCUT2D eigenvalue weighted by atomic mass is 9.93. The van der Waals surface area contributed by atoms with E-state index in [1.54, 1.807) is 18.3 Å². The fourth-order valence-corrected chi connectivity index (χ4v) is 1.44. The predicted molar refractivity (Wildman–Crippen MR) is 52.5 cm³/mol. The maximum absolute atomic E-state index is 10.8. The van der Waals surface area contributed by atoms with Crippen LogP contribution in [0.4, 0.5) is 5.82 Å². The van der Waals surface area contributed by atoms with Crippen LogP contribution in [0.5, 0.6) is 0 Å². The highest BCUT2D eigenvalue weighted by atomic mass is 16.4. The van der Waals surface area contributed by atoms with E-state index in [-0.39, 0.29) is 5.56 Å². The van der Waals surface area contributed by atoms with Gasteiger partial charge in [-0.25, -0.2) is 9.78 Å². The Morgan fingerprint density at radius 2 is 2.36 bits per heavy atom. The number of hydrogen-bond donors (Lipinski definition) is 2. The van der Waals surface area contributed by atoms with E-state index in [1.165, 1.54) is 6.42 Å². The molecule has 1 aromatic rings. The molecule has 1 heterocycles. The lowest BCUT2D eigenvalue weighted by Crippen LogP contribution is -2.28. The average Bonchev–Trinajstić information content (AvgIpc) is 2.12. The van der Waals surface area contributed by atoms with Crippen molar-refractivity contribution in [2.24, 2.45) is 0 Å². The zero-order valence-electron chi connectivity index (χ0n) is 7.73. The summed E-state index contributed by atoms with van der Waals surface area (Å²) in [5.41, 5.74) is 0.249. The molecule has 0 bridgehead atoms. The first kappa shape index (κ1) is 8.99. The molecule has 0 unspecified atom stereocenters. The second-order valence-corrected chi connectivity index (χ2v) is 3.48. The van der Waals surface area contributed by atoms with Crippen LogP contribution in [0.25, 0.3) is 0 Å². The highest BCUT2D eigenvalue weighted by Crippen LogP contribution is 2.23. The number of anilines is 1. The zero-order valence-corrected chi connectivity index (χ0v) is 7.73. The van der Waals surface area contributed by atoms with E-state index in [4.69, 9.17) is 5.11 Å². The highest BCUT2D eigenvalue weighted by molar-refractivity contribution is 5.93. The highest BCUT2D eigenvalue weighted by Gasteiger charge is 2.20. The Hall–Kier alpha value is -1.58. The van der Waals surface area contributed by atoms with Crippen molar-refractivity contribution in [1.82, 2.24) is 4.98 Å². The second kappa shape index (κ2) is 3.65. The third kappa shape index (κ3) is 1.69. The number of aromatic carboxylic acids is 1. The summed E-state index contributed by atoms with van der Waals surface area (Å²) in [4.78, 5) is 14.9. The van der Waals surface area contributed by atoms with Crippen molar-refractivity contribution in [3.63, 3.8) is 0 Å². The van der Waals surface area contributed by atoms with Crippen molar-refractivity contribution in [1.29, 1.82) is 0 Å². The maximum atomic E-state index is 10.8. The average molecular weight is 192 g/mol. The molecule has 1 aromatic heterocycles. The molecule has 0 atom stereocenters. The number of nitrogens with zero attached hydrogens (tertiary/aromatic N) is 1. The summed E-state index contributed by atoms with van der Waals surface area (Å²) >= 11 is 0. The molecule has 4 nitrogen and oxygen atoms in total. The third-order valence-electron chi connectivity index (χ3n) is 2.48. The first-order valence-corrected chi connectivity index (χ1v) is 4.72. The molecule has 4 heteroatoms. The van der Waals surface area contributed by atoms with Gasteiger partial charge in [0, 0.05) is 12.2 Å². The molecule has 2 N–H and O–H groups in total. The number of rotatable bonds is 3. The molecular weight excluding hydrogens is 180 g/mol. The summed E-state index contributed by atoms with van der Waals surface area (Å²) in [6.45, 7) is 0. The number of aromatic nitrogens is 1. The van der Waals surface area contributed by atoms with Gasteiger partial charge in [-0.05, 0) is 31.4 Å². The van der Waals surface area contributed by atoms with Gasteiger partial charge in [0.2, 0.25) is 0 Å². The predicted octanol–water partition coefficient (Wildman–Crippen LogP) is 1.74. The minimum absolute atomic E-state index is 0.249. The number of carbonyl (C=O) groups is 1. The molecule has 0 saturated heterocycles. The van der Waals surface area contributed by atoms with E-state index < -0.39 is 5.97 Å². The van der Waals surface area contributed by atoms with E-state index in [1.807, 2.05) is 0 Å². The summed E-state index contributed by atoms with van der Waals surface area (Å²) in [7, 11) is 0. The quantitative estimate of drug-likeness (QED) is 0.765. The van der Waals surface area contributed by atoms with Crippen molar-refractivity contribution in [3.8, 4) is 0 Å². The number of pyridine rings is 1. The Balaban J connectivity index is 2.17. The summed E-state index contributed by atoms with van der Waals surface area (Å²) in [6, 6.07) is 3.61. The molecule has 1 aliphatic rings. The molecule has 0 radical (unpaired) electrons. The van der Waals surface area contributed by atoms with Gasteiger partial charge in [0.05, 0.1) is 0 Å². The zero-order chi connectivity index (χ0) is 9.97. The van der Waals surface area contributed by atoms with Gasteiger partial charge < -0.3 is 10.4 Å². The Morgan fingerprint density at radius 3 is 2.93 bits per heavy atom. The van der Waals surface area contributed by atoms with Gasteiger partial charge >= 0.3 is 5.97 Å². The number of carboxylic acids is 1. The van der Waals surface area contributed by atoms with Crippen molar-refractivity contribution in [2.75, 3.05) is 5.32 Å². The van der Waals surface area contributed by atoms with Gasteiger partial charge in [0.25, 0.3) is 0 Å². The number of nitrogens with one attached hydrogen (secondary N) is 1. The van der Waals surface area contributed by atoms with Crippen LogP contribution in [-0.4, -0.2) is 22.1 Å². The first-order valence-electron chi connectivity index (χ1n) is 4.72. The minimum atomic E-state index is -0.931. The van der Waals surface area contributed by atoms with Crippen LogP contribution in [0.15, 0.2) is 18.3 Å². The Kier molecular flexibility index (Phi) is 2.35. The fourth-order valence-electron chi connectivity index (χ4n) is 1.44. The van der Waals surface area contributed by atoms with Crippen molar-refractivity contribution in [3.05, 3.63) is 23.9 Å². The smallest absolute Gasteiger partial charge is 0.339 e. The van der Waals surface area contributed by atoms with Gasteiger partial charge in [0.15, 0.2) is 0 Å². The summed E-state index contributed by atoms with van der Waals surface area (Å²) in [5, 5.41) is 12.0. The second-order valence-electron chi connectivity index (χ2n) is 3.48. The Labute approximate surface area is 82.0 Å². The molecule has 14 heavy (non-hydrogen) atoms. The standard InChI is InChI=1S/C10H12N2O2/c13-10(14)8-5-2-6-11-9(8)12-7-3-1-4-7/h2,5-7H,1,3-4H2,(H,11,12)(H,13,14). The topological polar surface area (TPSA) is 62.2 Å². The van der Waals surface area contributed by atoms with Crippen LogP contribution in [0.3, 0.4) is 0 Å². The van der Waals surface area contributed by atoms with Crippen molar-refractivity contribution in [2.45, 2.75) is 25.3 Å². The minimum Gasteiger partial charge on any atom is -0.478 e. The normalized spacial score (nSPS) is 16.0. The van der Waals surface area contributed by atoms with Crippen molar-refractivity contribution >= 4 is 11.8 Å². The maximum Gasteiger partial charge on any atom is 0.339 e. The molecule has 0 aliphatic heterocycles. The number of hydrogen-bond acceptors (Lipinski definition) is 3. The lowest BCUT2D eigenvalue weighted by Gasteiger charge is -2.27. The Bertz CT molecular complexity index is 348. The summed E-state index contributed by atoms with van der Waals surface area (Å²) in [6.07, 6.45) is 5.03. The largest absolute Gasteiger partial charge is 0.478 e. The molecule has 74 valence electrons. The molecule has 0 spiro atoms. The van der Waals surface area contributed by atoms with Crippen LogP contribution in [0, 0.1) is 0 Å². The van der Waals surface area contributed by atoms with E-state index in [9.17, 15) is 4.79 Å². The Morgan fingerprint density at radius 1 is 1.57 bits per heavy atom. The molecule has 0 amide bonds. The van der Waals surface area contributed by atoms with Gasteiger partial charge in [-0.3, -0.25) is 0 Å². The SMILES string of the molecule is O=C(O)c1cccnc1NC1CCC1. The van der Waals surface area contributed by atoms with Crippen LogP contribution in [-0.2, 0) is 0 Å². The van der Waals surface area contributed by atoms with Crippen molar-refractivity contribution < 1.29 is 9.90 Å². The van der Waals surface area contributed by atoms with Crippen LogP contribution in [0.2, 0.25) is 0 Å². The molecule has 1 saturated carbocycles. The van der Waals surface area contributed by atoms with Crippen LogP contribution in [0.1, 0.15) is 29.6 Å². The first-order chi connectivity index (χ1) is 6.77. The van der Waals surface area contributed by atoms with Gasteiger partial charge in [-0.15, -0.1) is 0 Å². The van der Waals surface area contributed by atoms with Gasteiger partial charge in [-0.1, -0.05) is 0 Å². The van der Waals surface area contributed by atoms with Gasteiger partial charge in [-0.2, -0.15) is 0 Å². The van der Waals surface area contributed by atoms with E-state index in [0.29, 0.717) is 11.9 Å². The van der Waals surface area contributed by atoms with E-state index in [2.05, 4.69) is 10.3 Å². The molecule has 1 fully saturated rings. The summed E-state index contributed by atoms with van der Waals surface area (Å²) < 4.78 is 0. The number of carboxylic acid groups (broad SMARTS) is 1. The molecule has 0 aromatic carbocycles.